The predicted molar refractivity (Wildman–Crippen MR) is 92.7 cm³/mol. The minimum absolute atomic E-state index is 0.0000146. The van der Waals surface area contributed by atoms with Gasteiger partial charge in [-0.3, -0.25) is 4.79 Å². The molecule has 3 rings (SSSR count). The number of fused-ring (bicyclic) bond motifs is 1. The van der Waals surface area contributed by atoms with E-state index in [4.69, 9.17) is 5.11 Å². The van der Waals surface area contributed by atoms with E-state index in [0.717, 1.165) is 22.0 Å². The summed E-state index contributed by atoms with van der Waals surface area (Å²) in [5, 5.41) is 13.5. The van der Waals surface area contributed by atoms with Crippen LogP contribution in [0.25, 0.3) is 10.9 Å². The minimum atomic E-state index is -0.0525. The number of pyridine rings is 1. The second kappa shape index (κ2) is 6.77. The van der Waals surface area contributed by atoms with Crippen molar-refractivity contribution in [2.75, 3.05) is 13.2 Å². The summed E-state index contributed by atoms with van der Waals surface area (Å²) >= 11 is 0. The van der Waals surface area contributed by atoms with Crippen LogP contribution in [0.1, 0.15) is 22.7 Å². The lowest BCUT2D eigenvalue weighted by atomic mass is 9.97. The van der Waals surface area contributed by atoms with Crippen LogP contribution in [0.3, 0.4) is 0 Å². The van der Waals surface area contributed by atoms with E-state index >= 15 is 0 Å². The number of rotatable bonds is 5. The highest BCUT2D eigenvalue weighted by Crippen LogP contribution is 2.24. The van der Waals surface area contributed by atoms with Gasteiger partial charge in [0, 0.05) is 17.6 Å². The summed E-state index contributed by atoms with van der Waals surface area (Å²) in [6, 6.07) is 18.1. The number of aliphatic hydroxyl groups is 1. The fraction of sp³-hybridized carbons (Fsp3) is 0.211. The van der Waals surface area contributed by atoms with Crippen molar-refractivity contribution in [3.05, 3.63) is 81.6 Å². The van der Waals surface area contributed by atoms with E-state index in [0.29, 0.717) is 12.1 Å². The third kappa shape index (κ3) is 3.33. The monoisotopic (exact) mass is 308 g/mol. The number of H-pyrrole nitrogens is 1. The number of aromatic nitrogens is 1. The van der Waals surface area contributed by atoms with Gasteiger partial charge in [0.2, 0.25) is 0 Å². The average Bonchev–Trinajstić information content (AvgIpc) is 2.57. The summed E-state index contributed by atoms with van der Waals surface area (Å²) in [4.78, 5) is 14.6. The van der Waals surface area contributed by atoms with Gasteiger partial charge in [0.05, 0.1) is 12.6 Å². The lowest BCUT2D eigenvalue weighted by molar-refractivity contribution is 0.288. The Morgan fingerprint density at radius 1 is 1.09 bits per heavy atom. The van der Waals surface area contributed by atoms with Crippen molar-refractivity contribution in [1.82, 2.24) is 10.3 Å². The molecule has 0 bridgehead atoms. The van der Waals surface area contributed by atoms with Crippen molar-refractivity contribution < 1.29 is 5.11 Å². The molecule has 0 saturated heterocycles. The second-order valence-corrected chi connectivity index (χ2v) is 5.65. The summed E-state index contributed by atoms with van der Waals surface area (Å²) in [5.41, 5.74) is 3.72. The van der Waals surface area contributed by atoms with Crippen LogP contribution < -0.4 is 10.9 Å². The third-order valence-corrected chi connectivity index (χ3v) is 3.98. The molecule has 23 heavy (non-hydrogen) atoms. The van der Waals surface area contributed by atoms with E-state index in [9.17, 15) is 4.79 Å². The molecule has 0 radical (unpaired) electrons. The number of benzene rings is 2. The molecule has 0 fully saturated rings. The van der Waals surface area contributed by atoms with Crippen LogP contribution in [0.2, 0.25) is 0 Å². The Morgan fingerprint density at radius 3 is 2.61 bits per heavy atom. The molecule has 0 aliphatic heterocycles. The molecule has 1 atom stereocenters. The largest absolute Gasteiger partial charge is 0.395 e. The molecule has 0 spiro atoms. The molecule has 4 heteroatoms. The summed E-state index contributed by atoms with van der Waals surface area (Å²) in [5.74, 6) is 0. The van der Waals surface area contributed by atoms with Gasteiger partial charge in [-0.15, -0.1) is 0 Å². The quantitative estimate of drug-likeness (QED) is 0.678. The zero-order valence-corrected chi connectivity index (χ0v) is 13.0. The van der Waals surface area contributed by atoms with Crippen molar-refractivity contribution in [3.63, 3.8) is 0 Å². The van der Waals surface area contributed by atoms with Gasteiger partial charge in [-0.1, -0.05) is 36.4 Å². The van der Waals surface area contributed by atoms with Crippen molar-refractivity contribution in [3.8, 4) is 0 Å². The highest BCUT2D eigenvalue weighted by molar-refractivity contribution is 5.80. The topological polar surface area (TPSA) is 65.1 Å². The zero-order valence-electron chi connectivity index (χ0n) is 13.0. The molecule has 3 N–H and O–H groups in total. The molecule has 2 aromatic carbocycles. The van der Waals surface area contributed by atoms with Crippen molar-refractivity contribution in [1.29, 1.82) is 0 Å². The fourth-order valence-corrected chi connectivity index (χ4v) is 2.80. The Bertz CT molecular complexity index is 856. The summed E-state index contributed by atoms with van der Waals surface area (Å²) in [6.07, 6.45) is 0. The maximum atomic E-state index is 11.7. The first kappa shape index (κ1) is 15.5. The first-order valence-electron chi connectivity index (χ1n) is 7.72. The lowest BCUT2D eigenvalue weighted by Crippen LogP contribution is -2.25. The summed E-state index contributed by atoms with van der Waals surface area (Å²) in [7, 11) is 0. The van der Waals surface area contributed by atoms with Crippen LogP contribution in [0.15, 0.2) is 59.4 Å². The molecule has 0 amide bonds. The van der Waals surface area contributed by atoms with Crippen molar-refractivity contribution >= 4 is 10.9 Å². The van der Waals surface area contributed by atoms with Gasteiger partial charge in [-0.25, -0.2) is 0 Å². The van der Waals surface area contributed by atoms with Crippen LogP contribution in [0.5, 0.6) is 0 Å². The van der Waals surface area contributed by atoms with E-state index in [1.54, 1.807) is 0 Å². The van der Waals surface area contributed by atoms with Crippen LogP contribution in [-0.2, 0) is 0 Å². The minimum Gasteiger partial charge on any atom is -0.395 e. The number of hydrogen-bond acceptors (Lipinski definition) is 3. The molecule has 118 valence electrons. The van der Waals surface area contributed by atoms with Gasteiger partial charge < -0.3 is 15.4 Å². The van der Waals surface area contributed by atoms with E-state index in [1.807, 2.05) is 43.3 Å². The number of nitrogens with one attached hydrogen (secondary N) is 2. The average molecular weight is 308 g/mol. The van der Waals surface area contributed by atoms with E-state index in [2.05, 4.69) is 28.5 Å². The highest BCUT2D eigenvalue weighted by Gasteiger charge is 2.13. The van der Waals surface area contributed by atoms with Crippen LogP contribution >= 0.6 is 0 Å². The van der Waals surface area contributed by atoms with E-state index in [1.165, 1.54) is 0 Å². The molecule has 3 aromatic rings. The zero-order chi connectivity index (χ0) is 16.2. The normalized spacial score (nSPS) is 12.4. The van der Waals surface area contributed by atoms with Gasteiger partial charge in [-0.05, 0) is 41.6 Å². The van der Waals surface area contributed by atoms with Crippen LogP contribution in [-0.4, -0.2) is 23.2 Å². The summed E-state index contributed by atoms with van der Waals surface area (Å²) < 4.78 is 0. The first-order chi connectivity index (χ1) is 11.2. The molecule has 1 unspecified atom stereocenters. The molecule has 1 heterocycles. The standard InChI is InChI=1S/C19H20N2O2/c1-13-11-16-12-15(7-8-17(16)21-19(13)23)18(20-9-10-22)14-5-3-2-4-6-14/h2-8,11-12,18,20,22H,9-10H2,1H3,(H,21,23). The van der Waals surface area contributed by atoms with Crippen molar-refractivity contribution in [2.24, 2.45) is 0 Å². The van der Waals surface area contributed by atoms with Gasteiger partial charge in [0.15, 0.2) is 0 Å². The molecule has 1 aromatic heterocycles. The van der Waals surface area contributed by atoms with Gasteiger partial charge in [0.1, 0.15) is 0 Å². The van der Waals surface area contributed by atoms with E-state index in [-0.39, 0.29) is 18.2 Å². The van der Waals surface area contributed by atoms with Gasteiger partial charge >= 0.3 is 0 Å². The maximum Gasteiger partial charge on any atom is 0.251 e. The van der Waals surface area contributed by atoms with Crippen molar-refractivity contribution in [2.45, 2.75) is 13.0 Å². The number of aryl methyl sites for hydroxylation is 1. The summed E-state index contributed by atoms with van der Waals surface area (Å²) in [6.45, 7) is 2.41. The molecule has 0 aliphatic rings. The number of hydrogen-bond donors (Lipinski definition) is 3. The highest BCUT2D eigenvalue weighted by atomic mass is 16.3. The fourth-order valence-electron chi connectivity index (χ4n) is 2.80. The predicted octanol–water partition coefficient (Wildman–Crippen LogP) is 2.51. The molecular formula is C19H20N2O2. The SMILES string of the molecule is Cc1cc2cc(C(NCCO)c3ccccc3)ccc2[nH]c1=O. The van der Waals surface area contributed by atoms with Gasteiger partial charge in [-0.2, -0.15) is 0 Å². The van der Waals surface area contributed by atoms with Crippen LogP contribution in [0.4, 0.5) is 0 Å². The molecular weight excluding hydrogens is 288 g/mol. The van der Waals surface area contributed by atoms with E-state index < -0.39 is 0 Å². The Hall–Kier alpha value is -2.43. The number of aromatic amines is 1. The first-order valence-corrected chi connectivity index (χ1v) is 7.72. The molecule has 0 saturated carbocycles. The smallest absolute Gasteiger partial charge is 0.251 e. The Morgan fingerprint density at radius 2 is 1.87 bits per heavy atom. The Kier molecular flexibility index (Phi) is 4.55. The van der Waals surface area contributed by atoms with Gasteiger partial charge in [0.25, 0.3) is 5.56 Å². The molecule has 0 aliphatic carbocycles. The second-order valence-electron chi connectivity index (χ2n) is 5.65. The van der Waals surface area contributed by atoms with Crippen LogP contribution in [0, 0.1) is 6.92 Å². The molecule has 4 nitrogen and oxygen atoms in total. The Labute approximate surface area is 134 Å². The number of aliphatic hydroxyl groups excluding tert-OH is 1. The Balaban J connectivity index is 2.06. The lowest BCUT2D eigenvalue weighted by Gasteiger charge is -2.20. The third-order valence-electron chi connectivity index (χ3n) is 3.98. The maximum absolute atomic E-state index is 11.7.